The van der Waals surface area contributed by atoms with Crippen molar-refractivity contribution in [2.24, 2.45) is 0 Å². The first-order valence-corrected chi connectivity index (χ1v) is 5.67. The van der Waals surface area contributed by atoms with Gasteiger partial charge in [-0.25, -0.2) is 0 Å². The molecular weight excluding hydrogens is 208 g/mol. The summed E-state index contributed by atoms with van der Waals surface area (Å²) in [5.74, 6) is 0. The molecular formula is C12H18O2S. The van der Waals surface area contributed by atoms with Gasteiger partial charge < -0.3 is 4.79 Å². The Hall–Kier alpha value is -0.830. The first-order chi connectivity index (χ1) is 6.89. The van der Waals surface area contributed by atoms with Crippen LogP contribution in [0.2, 0.25) is 0 Å². The first-order valence-electron chi connectivity index (χ1n) is 4.85. The van der Waals surface area contributed by atoms with Crippen LogP contribution in [0.15, 0.2) is 23.8 Å². The number of aldehydes is 1. The van der Waals surface area contributed by atoms with Crippen LogP contribution in [-0.4, -0.2) is 16.1 Å². The van der Waals surface area contributed by atoms with E-state index in [4.69, 9.17) is 0 Å². The third-order valence-electron chi connectivity index (χ3n) is 1.74. The highest BCUT2D eigenvalue weighted by atomic mass is 32.2. The van der Waals surface area contributed by atoms with Crippen LogP contribution in [-0.2, 0) is 9.59 Å². The highest BCUT2D eigenvalue weighted by Crippen LogP contribution is 2.30. The summed E-state index contributed by atoms with van der Waals surface area (Å²) in [6.45, 7) is 7.41. The van der Waals surface area contributed by atoms with Crippen molar-refractivity contribution >= 4 is 23.2 Å². The van der Waals surface area contributed by atoms with Gasteiger partial charge in [0.25, 0.3) is 0 Å². The second-order valence-electron chi connectivity index (χ2n) is 3.88. The minimum Gasteiger partial charge on any atom is -0.303 e. The molecule has 0 amide bonds. The highest BCUT2D eigenvalue weighted by molar-refractivity contribution is 8.14. The Kier molecular flexibility index (Phi) is 6.25. The Morgan fingerprint density at radius 2 is 1.93 bits per heavy atom. The molecule has 0 aromatic carbocycles. The molecule has 0 aromatic rings. The second-order valence-corrected chi connectivity index (χ2v) is 5.59. The number of allylic oxidation sites excluding steroid dienone is 3. The fourth-order valence-electron chi connectivity index (χ4n) is 1.08. The average molecular weight is 226 g/mol. The number of hydrogen-bond acceptors (Lipinski definition) is 3. The van der Waals surface area contributed by atoms with Crippen molar-refractivity contribution in [1.82, 2.24) is 0 Å². The van der Waals surface area contributed by atoms with Gasteiger partial charge in [-0.15, -0.1) is 0 Å². The van der Waals surface area contributed by atoms with E-state index in [0.717, 1.165) is 6.29 Å². The van der Waals surface area contributed by atoms with Crippen molar-refractivity contribution in [3.63, 3.8) is 0 Å². The molecule has 0 spiro atoms. The Bertz CT molecular complexity index is 288. The maximum atomic E-state index is 11.0. The summed E-state index contributed by atoms with van der Waals surface area (Å²) in [4.78, 5) is 21.6. The molecule has 1 atom stereocenters. The lowest BCUT2D eigenvalue weighted by Crippen LogP contribution is -2.19. The van der Waals surface area contributed by atoms with Gasteiger partial charge in [-0.05, 0) is 20.8 Å². The van der Waals surface area contributed by atoms with Gasteiger partial charge in [0, 0.05) is 18.1 Å². The molecule has 0 heterocycles. The summed E-state index contributed by atoms with van der Waals surface area (Å²) >= 11 is 1.19. The number of carbonyl (C=O) groups is 2. The molecule has 0 saturated carbocycles. The van der Waals surface area contributed by atoms with Crippen LogP contribution in [0.1, 0.15) is 34.1 Å². The van der Waals surface area contributed by atoms with Crippen LogP contribution in [0.4, 0.5) is 0 Å². The predicted molar refractivity (Wildman–Crippen MR) is 65.9 cm³/mol. The van der Waals surface area contributed by atoms with E-state index in [2.05, 4.69) is 0 Å². The van der Waals surface area contributed by atoms with Crippen LogP contribution >= 0.6 is 11.8 Å². The van der Waals surface area contributed by atoms with E-state index in [1.54, 1.807) is 0 Å². The van der Waals surface area contributed by atoms with Gasteiger partial charge in [-0.1, -0.05) is 35.6 Å². The predicted octanol–water partition coefficient (Wildman–Crippen LogP) is 3.14. The summed E-state index contributed by atoms with van der Waals surface area (Å²) < 4.78 is -0.417. The third kappa shape index (κ3) is 7.14. The van der Waals surface area contributed by atoms with Crippen LogP contribution in [0, 0.1) is 0 Å². The number of carbonyl (C=O) groups excluding carboxylic acids is 2. The standard InChI is InChI=1S/C12H18O2S/c1-10(2)6-5-7-12(4,8-9-13)15-11(3)14/h5-7,9H,8H2,1-4H3/b7-5+. The molecule has 0 N–H and O–H groups in total. The monoisotopic (exact) mass is 226 g/mol. The van der Waals surface area contributed by atoms with Gasteiger partial charge >= 0.3 is 0 Å². The van der Waals surface area contributed by atoms with Crippen LogP contribution in [0.3, 0.4) is 0 Å². The molecule has 0 aliphatic heterocycles. The zero-order chi connectivity index (χ0) is 11.9. The Balaban J connectivity index is 4.63. The quantitative estimate of drug-likeness (QED) is 0.533. The topological polar surface area (TPSA) is 34.1 Å². The fourth-order valence-corrected chi connectivity index (χ4v) is 2.04. The molecule has 0 radical (unpaired) electrons. The molecule has 84 valence electrons. The molecule has 0 saturated heterocycles. The Morgan fingerprint density at radius 1 is 1.33 bits per heavy atom. The summed E-state index contributed by atoms with van der Waals surface area (Å²) in [5, 5.41) is 0.0289. The maximum Gasteiger partial charge on any atom is 0.186 e. The molecule has 3 heteroatoms. The molecule has 15 heavy (non-hydrogen) atoms. The van der Waals surface area contributed by atoms with Gasteiger partial charge in [-0.3, -0.25) is 4.79 Å². The molecule has 1 unspecified atom stereocenters. The Labute approximate surface area is 95.8 Å². The van der Waals surface area contributed by atoms with Crippen LogP contribution < -0.4 is 0 Å². The fraction of sp³-hybridized carbons (Fsp3) is 0.500. The molecule has 0 bridgehead atoms. The normalized spacial score (nSPS) is 14.7. The largest absolute Gasteiger partial charge is 0.303 e. The zero-order valence-corrected chi connectivity index (χ0v) is 10.6. The number of thioether (sulfide) groups is 1. The molecule has 0 aliphatic rings. The minimum atomic E-state index is -0.417. The van der Waals surface area contributed by atoms with Crippen LogP contribution in [0.25, 0.3) is 0 Å². The van der Waals surface area contributed by atoms with Crippen molar-refractivity contribution in [3.05, 3.63) is 23.8 Å². The van der Waals surface area contributed by atoms with Crippen molar-refractivity contribution in [1.29, 1.82) is 0 Å². The summed E-state index contributed by atoms with van der Waals surface area (Å²) in [6, 6.07) is 0. The number of rotatable bonds is 5. The average Bonchev–Trinajstić information content (AvgIpc) is 2.01. The van der Waals surface area contributed by atoms with E-state index >= 15 is 0 Å². The summed E-state index contributed by atoms with van der Waals surface area (Å²) in [7, 11) is 0. The number of hydrogen-bond donors (Lipinski definition) is 0. The highest BCUT2D eigenvalue weighted by Gasteiger charge is 2.22. The van der Waals surface area contributed by atoms with E-state index in [-0.39, 0.29) is 5.12 Å². The maximum absolute atomic E-state index is 11.0. The van der Waals surface area contributed by atoms with E-state index < -0.39 is 4.75 Å². The van der Waals surface area contributed by atoms with E-state index in [9.17, 15) is 9.59 Å². The lowest BCUT2D eigenvalue weighted by atomic mass is 10.1. The van der Waals surface area contributed by atoms with Crippen LogP contribution in [0.5, 0.6) is 0 Å². The van der Waals surface area contributed by atoms with E-state index in [1.807, 2.05) is 39.0 Å². The third-order valence-corrected chi connectivity index (χ3v) is 2.80. The Morgan fingerprint density at radius 3 is 2.33 bits per heavy atom. The van der Waals surface area contributed by atoms with Gasteiger partial charge in [0.05, 0.1) is 0 Å². The molecule has 2 nitrogen and oxygen atoms in total. The summed E-state index contributed by atoms with van der Waals surface area (Å²) in [6.07, 6.45) is 6.96. The van der Waals surface area contributed by atoms with Gasteiger partial charge in [-0.2, -0.15) is 0 Å². The molecule has 0 rings (SSSR count). The van der Waals surface area contributed by atoms with Crippen molar-refractivity contribution in [2.75, 3.05) is 0 Å². The smallest absolute Gasteiger partial charge is 0.186 e. The van der Waals surface area contributed by atoms with Gasteiger partial charge in [0.2, 0.25) is 0 Å². The molecule has 0 fully saturated rings. The molecule has 0 aliphatic carbocycles. The first kappa shape index (κ1) is 14.2. The minimum absolute atomic E-state index is 0.0289. The van der Waals surface area contributed by atoms with Crippen molar-refractivity contribution in [3.8, 4) is 0 Å². The summed E-state index contributed by atoms with van der Waals surface area (Å²) in [5.41, 5.74) is 1.19. The van der Waals surface area contributed by atoms with Gasteiger partial charge in [0.1, 0.15) is 6.29 Å². The van der Waals surface area contributed by atoms with Crippen molar-refractivity contribution in [2.45, 2.75) is 38.9 Å². The lowest BCUT2D eigenvalue weighted by molar-refractivity contribution is -0.109. The van der Waals surface area contributed by atoms with E-state index in [1.165, 1.54) is 24.3 Å². The molecule has 0 aromatic heterocycles. The van der Waals surface area contributed by atoms with E-state index in [0.29, 0.717) is 6.42 Å². The zero-order valence-electron chi connectivity index (χ0n) is 9.74. The SMILES string of the molecule is CC(=O)SC(C)(/C=C/C=C(C)C)CC=O. The second kappa shape index (κ2) is 6.62. The lowest BCUT2D eigenvalue weighted by Gasteiger charge is -2.20. The van der Waals surface area contributed by atoms with Crippen molar-refractivity contribution < 1.29 is 9.59 Å². The van der Waals surface area contributed by atoms with Gasteiger partial charge in [0.15, 0.2) is 5.12 Å².